The molecule has 1 aliphatic rings. The maximum Gasteiger partial charge on any atom is 0.303 e. The van der Waals surface area contributed by atoms with E-state index >= 15 is 0 Å². The summed E-state index contributed by atoms with van der Waals surface area (Å²) in [6.07, 6.45) is 4.05. The predicted octanol–water partition coefficient (Wildman–Crippen LogP) is 3.00. The Morgan fingerprint density at radius 1 is 1.26 bits per heavy atom. The lowest BCUT2D eigenvalue weighted by molar-refractivity contribution is -0.279. The zero-order chi connectivity index (χ0) is 17.7. The van der Waals surface area contributed by atoms with Crippen molar-refractivity contribution in [3.8, 4) is 0 Å². The van der Waals surface area contributed by atoms with Crippen LogP contribution < -0.4 is 5.73 Å². The van der Waals surface area contributed by atoms with Crippen LogP contribution in [0.1, 0.15) is 59.8 Å². The van der Waals surface area contributed by atoms with Crippen molar-refractivity contribution in [1.82, 2.24) is 0 Å². The summed E-state index contributed by atoms with van der Waals surface area (Å²) in [5.74, 6) is -0.381. The van der Waals surface area contributed by atoms with Crippen LogP contribution in [-0.2, 0) is 19.0 Å². The molecule has 6 nitrogen and oxygen atoms in total. The minimum absolute atomic E-state index is 0.0984. The van der Waals surface area contributed by atoms with E-state index in [0.717, 1.165) is 32.3 Å². The Morgan fingerprint density at radius 2 is 1.91 bits per heavy atom. The van der Waals surface area contributed by atoms with Crippen LogP contribution in [0.4, 0.5) is 0 Å². The van der Waals surface area contributed by atoms with E-state index in [1.165, 1.54) is 0 Å². The number of unbranched alkanes of at least 4 members (excludes halogenated alkanes) is 3. The van der Waals surface area contributed by atoms with Crippen LogP contribution in [-0.4, -0.2) is 43.9 Å². The van der Waals surface area contributed by atoms with Gasteiger partial charge < -0.3 is 25.1 Å². The monoisotopic (exact) mass is 333 g/mol. The van der Waals surface area contributed by atoms with Gasteiger partial charge in [-0.3, -0.25) is 4.79 Å². The van der Waals surface area contributed by atoms with E-state index in [4.69, 9.17) is 25.1 Å². The predicted molar refractivity (Wildman–Crippen MR) is 90.0 cm³/mol. The molecule has 1 rings (SSSR count). The van der Waals surface area contributed by atoms with Crippen LogP contribution in [0.2, 0.25) is 0 Å². The second kappa shape index (κ2) is 12.7. The van der Waals surface area contributed by atoms with Gasteiger partial charge in [-0.05, 0) is 31.7 Å². The smallest absolute Gasteiger partial charge is 0.303 e. The third-order valence-corrected chi connectivity index (χ3v) is 3.73. The number of aliphatic carboxylic acids is 1. The van der Waals surface area contributed by atoms with Gasteiger partial charge in [0.05, 0.1) is 6.61 Å². The Labute approximate surface area is 140 Å². The number of rotatable bonds is 8. The van der Waals surface area contributed by atoms with E-state index in [1.54, 1.807) is 0 Å². The van der Waals surface area contributed by atoms with Crippen molar-refractivity contribution in [1.29, 1.82) is 0 Å². The highest BCUT2D eigenvalue weighted by Gasteiger charge is 2.36. The SMILES string of the molecule is CCO[C@H]1OCOC[C@H]1C(C)(C)C.NCCCCCCC(=O)O. The average Bonchev–Trinajstić information content (AvgIpc) is 2.47. The first-order valence-corrected chi connectivity index (χ1v) is 8.55. The fourth-order valence-corrected chi connectivity index (χ4v) is 2.25. The molecule has 0 saturated carbocycles. The molecule has 1 heterocycles. The second-order valence-corrected chi connectivity index (χ2v) is 6.80. The van der Waals surface area contributed by atoms with Gasteiger partial charge in [0.15, 0.2) is 6.29 Å². The second-order valence-electron chi connectivity index (χ2n) is 6.80. The molecule has 0 aromatic carbocycles. The summed E-state index contributed by atoms with van der Waals surface area (Å²) in [6, 6.07) is 0. The molecule has 0 unspecified atom stereocenters. The summed E-state index contributed by atoms with van der Waals surface area (Å²) in [4.78, 5) is 10.0. The molecule has 3 N–H and O–H groups in total. The summed E-state index contributed by atoms with van der Waals surface area (Å²) < 4.78 is 16.2. The summed E-state index contributed by atoms with van der Waals surface area (Å²) in [5.41, 5.74) is 5.42. The molecule has 0 radical (unpaired) electrons. The Hall–Kier alpha value is -0.690. The zero-order valence-corrected chi connectivity index (χ0v) is 15.2. The van der Waals surface area contributed by atoms with Gasteiger partial charge in [-0.25, -0.2) is 0 Å². The number of carboxylic acid groups (broad SMARTS) is 1. The first kappa shape index (κ1) is 22.3. The maximum absolute atomic E-state index is 10.0. The van der Waals surface area contributed by atoms with E-state index in [0.29, 0.717) is 32.3 Å². The minimum atomic E-state index is -0.701. The van der Waals surface area contributed by atoms with E-state index in [-0.39, 0.29) is 11.7 Å². The highest BCUT2D eigenvalue weighted by atomic mass is 16.8. The molecule has 0 amide bonds. The van der Waals surface area contributed by atoms with Crippen molar-refractivity contribution in [2.75, 3.05) is 26.6 Å². The van der Waals surface area contributed by atoms with Gasteiger partial charge in [0.1, 0.15) is 6.79 Å². The molecule has 138 valence electrons. The van der Waals surface area contributed by atoms with Crippen molar-refractivity contribution in [2.24, 2.45) is 17.1 Å². The molecule has 1 fully saturated rings. The first-order chi connectivity index (χ1) is 10.8. The number of hydrogen-bond donors (Lipinski definition) is 2. The fourth-order valence-electron chi connectivity index (χ4n) is 2.25. The van der Waals surface area contributed by atoms with E-state index in [2.05, 4.69) is 20.8 Å². The van der Waals surface area contributed by atoms with Gasteiger partial charge in [0.2, 0.25) is 0 Å². The lowest BCUT2D eigenvalue weighted by atomic mass is 9.80. The van der Waals surface area contributed by atoms with Crippen LogP contribution in [0.3, 0.4) is 0 Å². The largest absolute Gasteiger partial charge is 0.481 e. The summed E-state index contributed by atoms with van der Waals surface area (Å²) >= 11 is 0. The molecule has 1 aliphatic heterocycles. The van der Waals surface area contributed by atoms with Crippen LogP contribution in [0.25, 0.3) is 0 Å². The molecule has 0 spiro atoms. The summed E-state index contributed by atoms with van der Waals surface area (Å²) in [7, 11) is 0. The Morgan fingerprint density at radius 3 is 2.43 bits per heavy atom. The number of carboxylic acids is 1. The average molecular weight is 333 g/mol. The minimum Gasteiger partial charge on any atom is -0.481 e. The lowest BCUT2D eigenvalue weighted by Gasteiger charge is -2.39. The number of nitrogens with two attached hydrogens (primary N) is 1. The molecule has 0 aromatic heterocycles. The van der Waals surface area contributed by atoms with Crippen LogP contribution in [0, 0.1) is 11.3 Å². The van der Waals surface area contributed by atoms with E-state index in [1.807, 2.05) is 6.92 Å². The number of carbonyl (C=O) groups is 1. The molecule has 23 heavy (non-hydrogen) atoms. The first-order valence-electron chi connectivity index (χ1n) is 8.55. The molecule has 0 aromatic rings. The number of hydrogen-bond acceptors (Lipinski definition) is 5. The fraction of sp³-hybridized carbons (Fsp3) is 0.941. The highest BCUT2D eigenvalue weighted by molar-refractivity contribution is 5.66. The molecule has 1 saturated heterocycles. The van der Waals surface area contributed by atoms with Crippen LogP contribution in [0.15, 0.2) is 0 Å². The third-order valence-electron chi connectivity index (χ3n) is 3.73. The van der Waals surface area contributed by atoms with E-state index in [9.17, 15) is 4.79 Å². The quantitative estimate of drug-likeness (QED) is 0.664. The standard InChI is InChI=1S/C10H20O3.C7H15NO2/c1-5-12-9-8(10(2,3)4)6-11-7-13-9;8-6-4-2-1-3-5-7(9)10/h8-9H,5-7H2,1-4H3;1-6,8H2,(H,9,10)/t8-,9+;/m1./s1. The third kappa shape index (κ3) is 11.5. The van der Waals surface area contributed by atoms with Crippen molar-refractivity contribution in [2.45, 2.75) is 66.1 Å². The van der Waals surface area contributed by atoms with Gasteiger partial charge >= 0.3 is 5.97 Å². The summed E-state index contributed by atoms with van der Waals surface area (Å²) in [5, 5.41) is 8.25. The molecule has 0 bridgehead atoms. The van der Waals surface area contributed by atoms with Crippen LogP contribution >= 0.6 is 0 Å². The van der Waals surface area contributed by atoms with Gasteiger partial charge in [-0.1, -0.05) is 33.6 Å². The molecular weight excluding hydrogens is 298 g/mol. The summed E-state index contributed by atoms with van der Waals surface area (Å²) in [6.45, 7) is 11.0. The topological polar surface area (TPSA) is 91.0 Å². The zero-order valence-electron chi connectivity index (χ0n) is 15.2. The van der Waals surface area contributed by atoms with Crippen molar-refractivity contribution in [3.63, 3.8) is 0 Å². The van der Waals surface area contributed by atoms with Gasteiger partial charge in [0, 0.05) is 18.9 Å². The van der Waals surface area contributed by atoms with Crippen molar-refractivity contribution >= 4 is 5.97 Å². The van der Waals surface area contributed by atoms with Crippen LogP contribution in [0.5, 0.6) is 0 Å². The Kier molecular flexibility index (Phi) is 12.3. The Balaban J connectivity index is 0.000000438. The Bertz CT molecular complexity index is 302. The van der Waals surface area contributed by atoms with Gasteiger partial charge in [-0.15, -0.1) is 0 Å². The normalized spacial score (nSPS) is 21.4. The van der Waals surface area contributed by atoms with Crippen molar-refractivity contribution < 1.29 is 24.1 Å². The van der Waals surface area contributed by atoms with Gasteiger partial charge in [-0.2, -0.15) is 0 Å². The molecule has 2 atom stereocenters. The highest BCUT2D eigenvalue weighted by Crippen LogP contribution is 2.33. The van der Waals surface area contributed by atoms with Crippen molar-refractivity contribution in [3.05, 3.63) is 0 Å². The number of ether oxygens (including phenoxy) is 3. The van der Waals surface area contributed by atoms with E-state index < -0.39 is 5.97 Å². The maximum atomic E-state index is 10.0. The molecule has 6 heteroatoms. The molecule has 0 aliphatic carbocycles. The van der Waals surface area contributed by atoms with Gasteiger partial charge in [0.25, 0.3) is 0 Å². The molecular formula is C17H35NO5. The lowest BCUT2D eigenvalue weighted by Crippen LogP contribution is -2.43.